The van der Waals surface area contributed by atoms with E-state index < -0.39 is 10.8 Å². The first-order valence-corrected chi connectivity index (χ1v) is 6.19. The van der Waals surface area contributed by atoms with Crippen LogP contribution in [0.1, 0.15) is 23.2 Å². The zero-order valence-electron chi connectivity index (χ0n) is 10.1. The molecule has 6 nitrogen and oxygen atoms in total. The quantitative estimate of drug-likeness (QED) is 0.636. The van der Waals surface area contributed by atoms with Crippen molar-refractivity contribution >= 4 is 23.2 Å². The van der Waals surface area contributed by atoms with Gasteiger partial charge in [0.15, 0.2) is 0 Å². The lowest BCUT2D eigenvalue weighted by Crippen LogP contribution is -2.32. The van der Waals surface area contributed by atoms with Gasteiger partial charge in [0.2, 0.25) is 0 Å². The van der Waals surface area contributed by atoms with Crippen LogP contribution < -0.4 is 5.32 Å². The highest BCUT2D eigenvalue weighted by Crippen LogP contribution is 2.44. The van der Waals surface area contributed by atoms with Crippen molar-refractivity contribution in [2.45, 2.75) is 12.8 Å². The fraction of sp³-hybridized carbons (Fsp3) is 0.417. The first-order chi connectivity index (χ1) is 8.99. The molecule has 0 unspecified atom stereocenters. The number of hydrogen-bond acceptors (Lipinski definition) is 4. The number of aliphatic hydroxyl groups excluding tert-OH is 1. The number of carbonyl (C=O) groups excluding carboxylic acids is 1. The largest absolute Gasteiger partial charge is 0.396 e. The van der Waals surface area contributed by atoms with Crippen molar-refractivity contribution in [2.75, 3.05) is 13.2 Å². The zero-order valence-corrected chi connectivity index (χ0v) is 10.8. The Bertz CT molecular complexity index is 528. The number of hydrogen-bond donors (Lipinski definition) is 2. The summed E-state index contributed by atoms with van der Waals surface area (Å²) in [5, 5.41) is 22.4. The van der Waals surface area contributed by atoms with E-state index >= 15 is 0 Å². The van der Waals surface area contributed by atoms with Gasteiger partial charge in [0.25, 0.3) is 11.6 Å². The molecule has 102 valence electrons. The smallest absolute Gasteiger partial charge is 0.288 e. The minimum absolute atomic E-state index is 0.0238. The summed E-state index contributed by atoms with van der Waals surface area (Å²) in [6.45, 7) is 0.372. The van der Waals surface area contributed by atoms with Crippen molar-refractivity contribution in [3.8, 4) is 0 Å². The molecule has 1 aromatic rings. The van der Waals surface area contributed by atoms with Crippen LogP contribution in [0, 0.1) is 15.5 Å². The molecule has 0 atom stereocenters. The van der Waals surface area contributed by atoms with Gasteiger partial charge in [-0.1, -0.05) is 17.7 Å². The summed E-state index contributed by atoms with van der Waals surface area (Å²) in [5.74, 6) is -0.464. The van der Waals surface area contributed by atoms with Crippen molar-refractivity contribution in [3.05, 3.63) is 38.9 Å². The van der Waals surface area contributed by atoms with Crippen LogP contribution in [0.3, 0.4) is 0 Å². The molecule has 0 bridgehead atoms. The summed E-state index contributed by atoms with van der Waals surface area (Å²) < 4.78 is 0. The van der Waals surface area contributed by atoms with Gasteiger partial charge in [0, 0.05) is 18.0 Å². The molecule has 19 heavy (non-hydrogen) atoms. The SMILES string of the molecule is O=C(NCC1(CO)CC1)c1cccc([N+](=O)[O-])c1Cl. The van der Waals surface area contributed by atoms with Gasteiger partial charge in [0.1, 0.15) is 5.02 Å². The number of aliphatic hydroxyl groups is 1. The van der Waals surface area contributed by atoms with E-state index in [4.69, 9.17) is 16.7 Å². The average Bonchev–Trinajstić information content (AvgIpc) is 3.16. The topological polar surface area (TPSA) is 92.5 Å². The van der Waals surface area contributed by atoms with E-state index in [0.29, 0.717) is 6.54 Å². The second-order valence-corrected chi connectivity index (χ2v) is 5.11. The van der Waals surface area contributed by atoms with Crippen LogP contribution in [-0.2, 0) is 0 Å². The van der Waals surface area contributed by atoms with Crippen molar-refractivity contribution in [1.29, 1.82) is 0 Å². The first-order valence-electron chi connectivity index (χ1n) is 5.81. The van der Waals surface area contributed by atoms with Gasteiger partial charge >= 0.3 is 0 Å². The van der Waals surface area contributed by atoms with Crippen molar-refractivity contribution in [2.24, 2.45) is 5.41 Å². The Balaban J connectivity index is 2.11. The molecule has 1 amide bonds. The fourth-order valence-corrected chi connectivity index (χ4v) is 2.05. The van der Waals surface area contributed by atoms with E-state index in [9.17, 15) is 14.9 Å². The number of halogens is 1. The first kappa shape index (κ1) is 13.8. The van der Waals surface area contributed by atoms with Crippen molar-refractivity contribution in [1.82, 2.24) is 5.32 Å². The fourth-order valence-electron chi connectivity index (χ4n) is 1.77. The molecule has 0 radical (unpaired) electrons. The number of carbonyl (C=O) groups is 1. The molecule has 0 aromatic heterocycles. The summed E-state index contributed by atoms with van der Waals surface area (Å²) in [4.78, 5) is 22.0. The van der Waals surface area contributed by atoms with Crippen LogP contribution in [-0.4, -0.2) is 29.1 Å². The van der Waals surface area contributed by atoms with E-state index in [-0.39, 0.29) is 28.3 Å². The van der Waals surface area contributed by atoms with E-state index in [1.165, 1.54) is 18.2 Å². The Labute approximate surface area is 114 Å². The van der Waals surface area contributed by atoms with Gasteiger partial charge in [-0.2, -0.15) is 0 Å². The highest BCUT2D eigenvalue weighted by atomic mass is 35.5. The minimum atomic E-state index is -0.630. The Kier molecular flexibility index (Phi) is 3.73. The third-order valence-electron chi connectivity index (χ3n) is 3.34. The number of nitrogens with one attached hydrogen (secondary N) is 1. The van der Waals surface area contributed by atoms with Gasteiger partial charge in [0.05, 0.1) is 17.1 Å². The van der Waals surface area contributed by atoms with Gasteiger partial charge in [-0.3, -0.25) is 14.9 Å². The van der Waals surface area contributed by atoms with Crippen LogP contribution in [0.15, 0.2) is 18.2 Å². The monoisotopic (exact) mass is 284 g/mol. The molecule has 1 aliphatic carbocycles. The molecule has 1 saturated carbocycles. The van der Waals surface area contributed by atoms with Gasteiger partial charge in [-0.15, -0.1) is 0 Å². The van der Waals surface area contributed by atoms with E-state index in [1.54, 1.807) is 0 Å². The molecule has 0 saturated heterocycles. The second-order valence-electron chi connectivity index (χ2n) is 4.74. The third-order valence-corrected chi connectivity index (χ3v) is 3.73. The Morgan fingerprint density at radius 2 is 2.21 bits per heavy atom. The van der Waals surface area contributed by atoms with Crippen molar-refractivity contribution < 1.29 is 14.8 Å². The molecule has 1 aromatic carbocycles. The molecule has 0 heterocycles. The van der Waals surface area contributed by atoms with Crippen LogP contribution >= 0.6 is 11.6 Å². The summed E-state index contributed by atoms with van der Waals surface area (Å²) in [5.41, 5.74) is -0.440. The lowest BCUT2D eigenvalue weighted by molar-refractivity contribution is -0.384. The molecular formula is C12H13ClN2O4. The highest BCUT2D eigenvalue weighted by molar-refractivity contribution is 6.35. The lowest BCUT2D eigenvalue weighted by Gasteiger charge is -2.13. The van der Waals surface area contributed by atoms with Crippen LogP contribution in [0.5, 0.6) is 0 Å². The Hall–Kier alpha value is -1.66. The number of nitro benzene ring substituents is 1. The minimum Gasteiger partial charge on any atom is -0.396 e. The van der Waals surface area contributed by atoms with Gasteiger partial charge in [-0.25, -0.2) is 0 Å². The van der Waals surface area contributed by atoms with Gasteiger partial charge in [-0.05, 0) is 18.9 Å². The summed E-state index contributed by atoms with van der Waals surface area (Å²) in [6, 6.07) is 4.09. The highest BCUT2D eigenvalue weighted by Gasteiger charge is 2.42. The zero-order chi connectivity index (χ0) is 14.0. The third kappa shape index (κ3) is 2.85. The molecular weight excluding hydrogens is 272 g/mol. The van der Waals surface area contributed by atoms with Crippen LogP contribution in [0.4, 0.5) is 5.69 Å². The molecule has 1 fully saturated rings. The van der Waals surface area contributed by atoms with Crippen molar-refractivity contribution in [3.63, 3.8) is 0 Å². The Morgan fingerprint density at radius 1 is 1.53 bits per heavy atom. The number of rotatable bonds is 5. The van der Waals surface area contributed by atoms with Crippen LogP contribution in [0.2, 0.25) is 5.02 Å². The Morgan fingerprint density at radius 3 is 2.74 bits per heavy atom. The summed E-state index contributed by atoms with van der Waals surface area (Å²) in [7, 11) is 0. The number of nitrogens with zero attached hydrogens (tertiary/aromatic N) is 1. The number of nitro groups is 1. The molecule has 0 spiro atoms. The van der Waals surface area contributed by atoms with Crippen LogP contribution in [0.25, 0.3) is 0 Å². The molecule has 7 heteroatoms. The standard InChI is InChI=1S/C12H13ClN2O4/c13-10-8(2-1-3-9(10)15(18)19)11(17)14-6-12(7-16)4-5-12/h1-3,16H,4-7H2,(H,14,17). The van der Waals surface area contributed by atoms with E-state index in [1.807, 2.05) is 0 Å². The predicted molar refractivity (Wildman–Crippen MR) is 69.2 cm³/mol. The normalized spacial score (nSPS) is 15.9. The second kappa shape index (κ2) is 5.14. The molecule has 2 rings (SSSR count). The molecule has 2 N–H and O–H groups in total. The molecule has 1 aliphatic rings. The number of benzene rings is 1. The van der Waals surface area contributed by atoms with E-state index in [2.05, 4.69) is 5.32 Å². The maximum atomic E-state index is 11.9. The number of amides is 1. The summed E-state index contributed by atoms with van der Waals surface area (Å²) >= 11 is 5.85. The molecule has 0 aliphatic heterocycles. The average molecular weight is 285 g/mol. The lowest BCUT2D eigenvalue weighted by atomic mass is 10.1. The summed E-state index contributed by atoms with van der Waals surface area (Å²) in [6.07, 6.45) is 1.74. The maximum Gasteiger partial charge on any atom is 0.288 e. The van der Waals surface area contributed by atoms with Gasteiger partial charge < -0.3 is 10.4 Å². The maximum absolute atomic E-state index is 11.9. The van der Waals surface area contributed by atoms with E-state index in [0.717, 1.165) is 12.8 Å². The predicted octanol–water partition coefficient (Wildman–Crippen LogP) is 1.75.